The molecule has 2 N–H and O–H groups in total. The number of fused-ring (bicyclic) bond motifs is 1. The molecule has 0 bridgehead atoms. The highest BCUT2D eigenvalue weighted by molar-refractivity contribution is 7.13. The topological polar surface area (TPSA) is 44.1 Å². The van der Waals surface area contributed by atoms with Gasteiger partial charge in [0.2, 0.25) is 0 Å². The Balaban J connectivity index is 0.00000136. The van der Waals surface area contributed by atoms with Crippen molar-refractivity contribution in [2.45, 2.75) is 52.4 Å². The van der Waals surface area contributed by atoms with Gasteiger partial charge >= 0.3 is 0 Å². The zero-order valence-electron chi connectivity index (χ0n) is 17.2. The van der Waals surface area contributed by atoms with Crippen LogP contribution < -0.4 is 0 Å². The molecule has 0 amide bonds. The lowest BCUT2D eigenvalue weighted by molar-refractivity contribution is 0.474. The Morgan fingerprint density at radius 1 is 1.25 bits per heavy atom. The largest absolute Gasteiger partial charge is 0.508 e. The Morgan fingerprint density at radius 2 is 1.96 bits per heavy atom. The molecule has 0 spiro atoms. The summed E-state index contributed by atoms with van der Waals surface area (Å²) in [7, 11) is 0. The lowest BCUT2D eigenvalue weighted by Crippen LogP contribution is -2.08. The van der Waals surface area contributed by atoms with Crippen molar-refractivity contribution >= 4 is 23.6 Å². The SMILES string of the molecule is C=N.C\C=C/C(=C\C=C(/C)CC)c1cc2c(s1)CCCC2c1ccc(O)cc1. The number of aryl methyl sites for hydroxylation is 1. The number of hydrogen-bond acceptors (Lipinski definition) is 3. The minimum atomic E-state index is 0.340. The van der Waals surface area contributed by atoms with E-state index in [1.54, 1.807) is 12.1 Å². The number of hydrogen-bond donors (Lipinski definition) is 2. The third kappa shape index (κ3) is 5.32. The molecule has 1 aliphatic rings. The Kier molecular flexibility index (Phi) is 8.46. The highest BCUT2D eigenvalue weighted by Gasteiger charge is 2.24. The van der Waals surface area contributed by atoms with E-state index in [1.807, 2.05) is 11.3 Å². The van der Waals surface area contributed by atoms with Gasteiger partial charge in [0.1, 0.15) is 5.75 Å². The van der Waals surface area contributed by atoms with Gasteiger partial charge in [-0.1, -0.05) is 48.9 Å². The Morgan fingerprint density at radius 3 is 2.61 bits per heavy atom. The first-order valence-corrected chi connectivity index (χ1v) is 10.7. The van der Waals surface area contributed by atoms with Crippen LogP contribution in [-0.2, 0) is 6.42 Å². The molecule has 2 aromatic rings. The van der Waals surface area contributed by atoms with E-state index < -0.39 is 0 Å². The van der Waals surface area contributed by atoms with Gasteiger partial charge in [0.05, 0.1) is 0 Å². The number of benzene rings is 1. The maximum Gasteiger partial charge on any atom is 0.115 e. The highest BCUT2D eigenvalue weighted by atomic mass is 32.1. The summed E-state index contributed by atoms with van der Waals surface area (Å²) in [6.45, 7) is 8.96. The van der Waals surface area contributed by atoms with Crippen molar-refractivity contribution < 1.29 is 5.11 Å². The summed E-state index contributed by atoms with van der Waals surface area (Å²) in [5.41, 5.74) is 5.49. The zero-order valence-corrected chi connectivity index (χ0v) is 18.0. The molecule has 0 saturated carbocycles. The lowest BCUT2D eigenvalue weighted by atomic mass is 9.82. The molecule has 148 valence electrons. The van der Waals surface area contributed by atoms with Crippen LogP contribution >= 0.6 is 11.3 Å². The van der Waals surface area contributed by atoms with Crippen LogP contribution in [0.1, 0.15) is 66.8 Å². The van der Waals surface area contributed by atoms with Crippen molar-refractivity contribution in [1.82, 2.24) is 0 Å². The minimum Gasteiger partial charge on any atom is -0.508 e. The van der Waals surface area contributed by atoms with Crippen LogP contribution in [0.4, 0.5) is 0 Å². The van der Waals surface area contributed by atoms with E-state index in [4.69, 9.17) is 5.41 Å². The zero-order chi connectivity index (χ0) is 20.5. The van der Waals surface area contributed by atoms with Gasteiger partial charge in [-0.15, -0.1) is 11.3 Å². The van der Waals surface area contributed by atoms with Crippen LogP contribution in [-0.4, -0.2) is 11.8 Å². The van der Waals surface area contributed by atoms with E-state index in [1.165, 1.54) is 51.3 Å². The number of rotatable bonds is 5. The van der Waals surface area contributed by atoms with Gasteiger partial charge in [0.15, 0.2) is 0 Å². The minimum absolute atomic E-state index is 0.340. The van der Waals surface area contributed by atoms with E-state index >= 15 is 0 Å². The van der Waals surface area contributed by atoms with E-state index in [0.717, 1.165) is 6.42 Å². The maximum absolute atomic E-state index is 9.59. The molecular weight excluding hydrogens is 362 g/mol. The van der Waals surface area contributed by atoms with Gasteiger partial charge in [-0.3, -0.25) is 0 Å². The van der Waals surface area contributed by atoms with Crippen LogP contribution in [0, 0.1) is 5.41 Å². The first-order valence-electron chi connectivity index (χ1n) is 9.89. The summed E-state index contributed by atoms with van der Waals surface area (Å²) >= 11 is 1.95. The number of aromatic hydroxyl groups is 1. The summed E-state index contributed by atoms with van der Waals surface area (Å²) in [5.74, 6) is 0.788. The van der Waals surface area contributed by atoms with Crippen LogP contribution in [0.15, 0.2) is 60.2 Å². The molecule has 2 nitrogen and oxygen atoms in total. The van der Waals surface area contributed by atoms with Crippen LogP contribution in [0.3, 0.4) is 0 Å². The average molecular weight is 394 g/mol. The fourth-order valence-electron chi connectivity index (χ4n) is 3.50. The fraction of sp³-hybridized carbons (Fsp3) is 0.320. The van der Waals surface area contributed by atoms with Crippen molar-refractivity contribution in [3.8, 4) is 5.75 Å². The normalized spacial score (nSPS) is 17.2. The average Bonchev–Trinajstić information content (AvgIpc) is 3.17. The third-order valence-electron chi connectivity index (χ3n) is 5.15. The Hall–Kier alpha value is -2.39. The smallest absolute Gasteiger partial charge is 0.115 e. The van der Waals surface area contributed by atoms with E-state index in [9.17, 15) is 5.11 Å². The quantitative estimate of drug-likeness (QED) is 0.401. The predicted octanol–water partition coefficient (Wildman–Crippen LogP) is 7.50. The lowest BCUT2D eigenvalue weighted by Gasteiger charge is -2.22. The predicted molar refractivity (Wildman–Crippen MR) is 124 cm³/mol. The van der Waals surface area contributed by atoms with Crippen molar-refractivity contribution in [1.29, 1.82) is 5.41 Å². The van der Waals surface area contributed by atoms with Crippen LogP contribution in [0.5, 0.6) is 5.75 Å². The number of nitrogens with one attached hydrogen (secondary N) is 1. The molecule has 1 aromatic carbocycles. The van der Waals surface area contributed by atoms with E-state index in [0.29, 0.717) is 11.7 Å². The molecule has 1 atom stereocenters. The highest BCUT2D eigenvalue weighted by Crippen LogP contribution is 2.42. The summed E-state index contributed by atoms with van der Waals surface area (Å²) < 4.78 is 0. The van der Waals surface area contributed by atoms with Crippen molar-refractivity contribution in [3.05, 3.63) is 81.1 Å². The van der Waals surface area contributed by atoms with Gasteiger partial charge in [0, 0.05) is 15.7 Å². The standard InChI is InChI=1S/C24H28OS.CH3N/c1-4-7-19(11-10-17(3)5-2)24-16-22-21(8-6-9-23(22)26-24)18-12-14-20(25)15-13-18;1-2/h4,7,10-16,21,25H,5-6,8-9H2,1-3H3;2H,1H2/b7-4-,17-10+,19-11+;. The van der Waals surface area contributed by atoms with Gasteiger partial charge < -0.3 is 10.5 Å². The number of allylic oxidation sites excluding steroid dienone is 6. The maximum atomic E-state index is 9.59. The molecule has 1 aromatic heterocycles. The van der Waals surface area contributed by atoms with Gasteiger partial charge in [-0.05, 0) is 81.1 Å². The molecule has 3 rings (SSSR count). The van der Waals surface area contributed by atoms with Gasteiger partial charge in [0.25, 0.3) is 0 Å². The molecule has 1 aliphatic carbocycles. The van der Waals surface area contributed by atoms with Crippen LogP contribution in [0.25, 0.3) is 5.57 Å². The van der Waals surface area contributed by atoms with Crippen molar-refractivity contribution in [3.63, 3.8) is 0 Å². The molecule has 3 heteroatoms. The number of phenols is 1. The number of phenolic OH excluding ortho intramolecular Hbond substituents is 1. The first-order chi connectivity index (χ1) is 13.6. The Labute approximate surface area is 173 Å². The summed E-state index contributed by atoms with van der Waals surface area (Å²) in [6, 6.07) is 10.2. The fourth-order valence-corrected chi connectivity index (χ4v) is 4.77. The summed E-state index contributed by atoms with van der Waals surface area (Å²) in [5, 5.41) is 15.1. The molecular formula is C25H31NOS. The van der Waals surface area contributed by atoms with E-state index in [-0.39, 0.29) is 0 Å². The number of thiophene rings is 1. The molecule has 0 radical (unpaired) electrons. The summed E-state index contributed by atoms with van der Waals surface area (Å²) in [4.78, 5) is 2.88. The molecule has 0 saturated heterocycles. The molecule has 1 heterocycles. The second-order valence-corrected chi connectivity index (χ2v) is 8.15. The molecule has 0 fully saturated rings. The summed E-state index contributed by atoms with van der Waals surface area (Å²) in [6.07, 6.45) is 13.5. The molecule has 0 aliphatic heterocycles. The monoisotopic (exact) mass is 393 g/mol. The van der Waals surface area contributed by atoms with Crippen LogP contribution in [0.2, 0.25) is 0 Å². The Bertz CT molecular complexity index is 855. The van der Waals surface area contributed by atoms with Crippen molar-refractivity contribution in [2.75, 3.05) is 0 Å². The van der Waals surface area contributed by atoms with Gasteiger partial charge in [-0.25, -0.2) is 0 Å². The van der Waals surface area contributed by atoms with Crippen molar-refractivity contribution in [2.24, 2.45) is 0 Å². The molecule has 28 heavy (non-hydrogen) atoms. The van der Waals surface area contributed by atoms with E-state index in [2.05, 4.69) is 70.0 Å². The van der Waals surface area contributed by atoms with Gasteiger partial charge in [-0.2, -0.15) is 0 Å². The third-order valence-corrected chi connectivity index (χ3v) is 6.40. The first kappa shape index (κ1) is 21.9. The second kappa shape index (κ2) is 10.8. The second-order valence-electron chi connectivity index (χ2n) is 7.01. The molecule has 1 unspecified atom stereocenters.